The van der Waals surface area contributed by atoms with E-state index in [0.29, 0.717) is 10.9 Å². The Balaban J connectivity index is 1.53. The highest BCUT2D eigenvalue weighted by Gasteiger charge is 2.22. The molecule has 0 aliphatic carbocycles. The zero-order valence-electron chi connectivity index (χ0n) is 18.3. The number of sulfone groups is 1. The van der Waals surface area contributed by atoms with E-state index < -0.39 is 15.7 Å². The van der Waals surface area contributed by atoms with Gasteiger partial charge in [0.05, 0.1) is 34.5 Å². The van der Waals surface area contributed by atoms with Gasteiger partial charge in [0.2, 0.25) is 5.91 Å². The number of pyridine rings is 1. The third-order valence-corrected chi connectivity index (χ3v) is 8.04. The van der Waals surface area contributed by atoms with Crippen LogP contribution in [0.3, 0.4) is 0 Å². The Hall–Kier alpha value is -3.37. The Morgan fingerprint density at radius 2 is 1.82 bits per heavy atom. The smallest absolute Gasteiger partial charge is 0.229 e. The van der Waals surface area contributed by atoms with E-state index in [1.54, 1.807) is 30.5 Å². The third-order valence-electron chi connectivity index (χ3n) is 5.18. The fourth-order valence-corrected chi connectivity index (χ4v) is 5.70. The lowest BCUT2D eigenvalue weighted by atomic mass is 10.2. The lowest BCUT2D eigenvalue weighted by Crippen LogP contribution is -2.30. The number of carbonyl (C=O) groups excluding carboxylic acids is 1. The minimum atomic E-state index is -3.62. The van der Waals surface area contributed by atoms with Crippen LogP contribution in [0.4, 0.5) is 9.52 Å². The molecular formula is C24H22FN3O4S2. The maximum Gasteiger partial charge on any atom is 0.229 e. The van der Waals surface area contributed by atoms with Gasteiger partial charge in [-0.05, 0) is 66.6 Å². The van der Waals surface area contributed by atoms with Crippen LogP contribution in [0.5, 0.6) is 5.75 Å². The Labute approximate surface area is 200 Å². The number of fused-ring (bicyclic) bond motifs is 1. The van der Waals surface area contributed by atoms with Crippen molar-refractivity contribution in [3.8, 4) is 5.75 Å². The molecule has 0 unspecified atom stereocenters. The molecule has 0 aliphatic heterocycles. The topological polar surface area (TPSA) is 89.5 Å². The van der Waals surface area contributed by atoms with E-state index in [2.05, 4.69) is 9.97 Å². The van der Waals surface area contributed by atoms with Crippen molar-refractivity contribution in [3.05, 3.63) is 78.4 Å². The molecule has 0 fully saturated rings. The molecule has 2 aromatic heterocycles. The second kappa shape index (κ2) is 10.3. The molecule has 0 atom stereocenters. The van der Waals surface area contributed by atoms with Gasteiger partial charge in [-0.3, -0.25) is 14.7 Å². The van der Waals surface area contributed by atoms with Crippen LogP contribution >= 0.6 is 11.3 Å². The van der Waals surface area contributed by atoms with Crippen LogP contribution in [-0.2, 0) is 21.2 Å². The number of anilines is 1. The number of hydrogen-bond donors (Lipinski definition) is 0. The van der Waals surface area contributed by atoms with Gasteiger partial charge >= 0.3 is 0 Å². The first kappa shape index (κ1) is 23.8. The fraction of sp³-hybridized carbons (Fsp3) is 0.208. The number of nitrogens with zero attached hydrogens (tertiary/aromatic N) is 3. The number of methoxy groups -OCH3 is 1. The van der Waals surface area contributed by atoms with Gasteiger partial charge in [-0.25, -0.2) is 17.8 Å². The number of thiazole rings is 1. The molecule has 0 N–H and O–H groups in total. The molecule has 0 aliphatic rings. The summed E-state index contributed by atoms with van der Waals surface area (Å²) in [7, 11) is -2.04. The molecule has 0 saturated heterocycles. The van der Waals surface area contributed by atoms with Crippen LogP contribution in [0.1, 0.15) is 18.4 Å². The minimum Gasteiger partial charge on any atom is -0.497 e. The van der Waals surface area contributed by atoms with Gasteiger partial charge < -0.3 is 4.74 Å². The van der Waals surface area contributed by atoms with Crippen LogP contribution in [0.15, 0.2) is 71.9 Å². The Bertz CT molecular complexity index is 1390. The second-order valence-electron chi connectivity index (χ2n) is 7.54. The first-order valence-corrected chi connectivity index (χ1v) is 12.9. The summed E-state index contributed by atoms with van der Waals surface area (Å²) in [6, 6.07) is 13.8. The third kappa shape index (κ3) is 5.57. The number of aromatic nitrogens is 2. The van der Waals surface area contributed by atoms with Gasteiger partial charge in [0, 0.05) is 18.8 Å². The van der Waals surface area contributed by atoms with Gasteiger partial charge in [-0.15, -0.1) is 0 Å². The molecular weight excluding hydrogens is 477 g/mol. The molecule has 4 rings (SSSR count). The van der Waals surface area contributed by atoms with Crippen molar-refractivity contribution in [2.24, 2.45) is 0 Å². The summed E-state index contributed by atoms with van der Waals surface area (Å²) in [5, 5.41) is 0.520. The average molecular weight is 500 g/mol. The summed E-state index contributed by atoms with van der Waals surface area (Å²) in [4.78, 5) is 23.5. The summed E-state index contributed by atoms with van der Waals surface area (Å²) in [6.45, 7) is 0.281. The zero-order chi connectivity index (χ0) is 24.1. The maximum absolute atomic E-state index is 13.2. The number of amides is 1. The molecule has 2 aromatic carbocycles. The first-order valence-electron chi connectivity index (χ1n) is 10.5. The molecule has 10 heteroatoms. The van der Waals surface area contributed by atoms with Crippen molar-refractivity contribution in [3.63, 3.8) is 0 Å². The van der Waals surface area contributed by atoms with Crippen LogP contribution in [0, 0.1) is 5.82 Å². The molecule has 34 heavy (non-hydrogen) atoms. The number of carbonyl (C=O) groups is 1. The van der Waals surface area contributed by atoms with E-state index in [-0.39, 0.29) is 35.9 Å². The highest BCUT2D eigenvalue weighted by molar-refractivity contribution is 7.91. The van der Waals surface area contributed by atoms with Crippen LogP contribution in [0.2, 0.25) is 0 Å². The average Bonchev–Trinajstić information content (AvgIpc) is 3.26. The van der Waals surface area contributed by atoms with Gasteiger partial charge in [0.25, 0.3) is 0 Å². The standard InChI is InChI=1S/C24H22FN3O4S2/c1-32-19-6-9-21-22(15-19)33-24(27-21)28(16-17-10-12-26-13-11-17)23(29)3-2-14-34(30,31)20-7-4-18(25)5-8-20/h4-13,15H,2-3,14,16H2,1H3. The lowest BCUT2D eigenvalue weighted by molar-refractivity contribution is -0.118. The van der Waals surface area contributed by atoms with E-state index in [1.165, 1.54) is 23.5 Å². The summed E-state index contributed by atoms with van der Waals surface area (Å²) in [6.07, 6.45) is 3.45. The lowest BCUT2D eigenvalue weighted by Gasteiger charge is -2.20. The van der Waals surface area contributed by atoms with Crippen molar-refractivity contribution in [1.82, 2.24) is 9.97 Å². The quantitative estimate of drug-likeness (QED) is 0.312. The maximum atomic E-state index is 13.2. The molecule has 1 amide bonds. The predicted molar refractivity (Wildman–Crippen MR) is 129 cm³/mol. The Morgan fingerprint density at radius 1 is 1.09 bits per heavy atom. The van der Waals surface area contributed by atoms with E-state index >= 15 is 0 Å². The molecule has 2 heterocycles. The monoisotopic (exact) mass is 499 g/mol. The number of halogens is 1. The van der Waals surface area contributed by atoms with E-state index in [9.17, 15) is 17.6 Å². The zero-order valence-corrected chi connectivity index (χ0v) is 20.0. The molecule has 0 radical (unpaired) electrons. The van der Waals surface area contributed by atoms with Crippen molar-refractivity contribution in [2.75, 3.05) is 17.8 Å². The largest absolute Gasteiger partial charge is 0.497 e. The fourth-order valence-electron chi connectivity index (χ4n) is 3.38. The van der Waals surface area contributed by atoms with E-state index in [4.69, 9.17) is 4.74 Å². The van der Waals surface area contributed by atoms with Crippen LogP contribution < -0.4 is 9.64 Å². The number of ether oxygens (including phenoxy) is 1. The minimum absolute atomic E-state index is 0.0186. The summed E-state index contributed by atoms with van der Waals surface area (Å²) >= 11 is 1.36. The predicted octanol–water partition coefficient (Wildman–Crippen LogP) is 4.63. The normalized spacial score (nSPS) is 11.5. The SMILES string of the molecule is COc1ccc2nc(N(Cc3ccncc3)C(=O)CCCS(=O)(=O)c3ccc(F)cc3)sc2c1. The Kier molecular flexibility index (Phi) is 7.18. The van der Waals surface area contributed by atoms with Gasteiger partial charge in [0.15, 0.2) is 15.0 Å². The highest BCUT2D eigenvalue weighted by Crippen LogP contribution is 2.32. The van der Waals surface area contributed by atoms with E-state index in [1.807, 2.05) is 24.3 Å². The number of benzene rings is 2. The molecule has 0 bridgehead atoms. The molecule has 0 spiro atoms. The van der Waals surface area contributed by atoms with Crippen LogP contribution in [0.25, 0.3) is 10.2 Å². The van der Waals surface area contributed by atoms with Crippen molar-refractivity contribution >= 4 is 42.4 Å². The summed E-state index contributed by atoms with van der Waals surface area (Å²) in [5.41, 5.74) is 1.62. The van der Waals surface area contributed by atoms with Gasteiger partial charge in [-0.2, -0.15) is 0 Å². The summed E-state index contributed by atoms with van der Waals surface area (Å²) < 4.78 is 44.4. The molecule has 176 valence electrons. The molecule has 0 saturated carbocycles. The van der Waals surface area contributed by atoms with Crippen LogP contribution in [-0.4, -0.2) is 37.2 Å². The van der Waals surface area contributed by atoms with Gasteiger partial charge in [0.1, 0.15) is 11.6 Å². The first-order chi connectivity index (χ1) is 16.4. The summed E-state index contributed by atoms with van der Waals surface area (Å²) in [5.74, 6) is -0.267. The number of hydrogen-bond acceptors (Lipinski definition) is 7. The Morgan fingerprint density at radius 3 is 2.53 bits per heavy atom. The van der Waals surface area contributed by atoms with Crippen molar-refractivity contribution in [2.45, 2.75) is 24.3 Å². The van der Waals surface area contributed by atoms with Crippen molar-refractivity contribution < 1.29 is 22.3 Å². The second-order valence-corrected chi connectivity index (χ2v) is 10.7. The van der Waals surface area contributed by atoms with E-state index in [0.717, 1.165) is 27.9 Å². The molecule has 4 aromatic rings. The molecule has 7 nitrogen and oxygen atoms in total. The highest BCUT2D eigenvalue weighted by atomic mass is 32.2. The van der Waals surface area contributed by atoms with Crippen molar-refractivity contribution in [1.29, 1.82) is 0 Å². The number of rotatable bonds is 9. The van der Waals surface area contributed by atoms with Gasteiger partial charge in [-0.1, -0.05) is 11.3 Å².